The lowest BCUT2D eigenvalue weighted by molar-refractivity contribution is -0.0254. The molecule has 0 aliphatic carbocycles. The van der Waals surface area contributed by atoms with Crippen molar-refractivity contribution in [3.63, 3.8) is 0 Å². The third kappa shape index (κ3) is 3.22. The molecule has 1 aromatic rings. The van der Waals surface area contributed by atoms with Crippen molar-refractivity contribution in [2.45, 2.75) is 12.5 Å². The highest BCUT2D eigenvalue weighted by Crippen LogP contribution is 2.24. The molecule has 0 radical (unpaired) electrons. The molecule has 4 heteroatoms. The highest BCUT2D eigenvalue weighted by molar-refractivity contribution is 5.30. The number of methoxy groups -OCH3 is 1. The van der Waals surface area contributed by atoms with Crippen molar-refractivity contribution in [1.82, 2.24) is 4.90 Å². The Hall–Kier alpha value is -1.10. The molecule has 100 valence electrons. The van der Waals surface area contributed by atoms with Gasteiger partial charge in [0.05, 0.1) is 25.9 Å². The van der Waals surface area contributed by atoms with E-state index in [1.165, 1.54) is 0 Å². The monoisotopic (exact) mass is 251 g/mol. The zero-order valence-electron chi connectivity index (χ0n) is 11.1. The van der Waals surface area contributed by atoms with Crippen molar-refractivity contribution in [1.29, 1.82) is 0 Å². The Balaban J connectivity index is 2.03. The predicted octanol–water partition coefficient (Wildman–Crippen LogP) is 1.23. The van der Waals surface area contributed by atoms with E-state index in [-0.39, 0.29) is 0 Å². The van der Waals surface area contributed by atoms with Gasteiger partial charge in [0.15, 0.2) is 0 Å². The SMILES string of the molecule is COc1ccc([C@@](C)(O)CN2CCOCC2)cc1. The van der Waals surface area contributed by atoms with Crippen molar-refractivity contribution in [2.75, 3.05) is 40.0 Å². The molecule has 0 saturated carbocycles. The third-order valence-electron chi connectivity index (χ3n) is 3.35. The first kappa shape index (κ1) is 13.3. The first-order chi connectivity index (χ1) is 8.62. The minimum absolute atomic E-state index is 0.628. The lowest BCUT2D eigenvalue weighted by Gasteiger charge is -2.34. The standard InChI is InChI=1S/C14H21NO3/c1-14(16,11-15-7-9-18-10-8-15)12-3-5-13(17-2)6-4-12/h3-6,16H,7-11H2,1-2H3/t14-/m0/s1. The number of β-amino-alcohol motifs (C(OH)–C–C–N with tert-alkyl or cyclic N) is 1. The molecular weight excluding hydrogens is 230 g/mol. The summed E-state index contributed by atoms with van der Waals surface area (Å²) >= 11 is 0. The van der Waals surface area contributed by atoms with Crippen LogP contribution in [-0.4, -0.2) is 50.0 Å². The van der Waals surface area contributed by atoms with Crippen LogP contribution < -0.4 is 4.74 Å². The fourth-order valence-electron chi connectivity index (χ4n) is 2.24. The minimum Gasteiger partial charge on any atom is -0.497 e. The van der Waals surface area contributed by atoms with E-state index in [1.807, 2.05) is 31.2 Å². The van der Waals surface area contributed by atoms with Crippen LogP contribution in [0.25, 0.3) is 0 Å². The summed E-state index contributed by atoms with van der Waals surface area (Å²) in [4.78, 5) is 2.23. The van der Waals surface area contributed by atoms with Crippen LogP contribution in [0.2, 0.25) is 0 Å². The van der Waals surface area contributed by atoms with Crippen LogP contribution in [0.5, 0.6) is 5.75 Å². The van der Waals surface area contributed by atoms with E-state index in [0.717, 1.165) is 37.6 Å². The van der Waals surface area contributed by atoms with E-state index in [0.29, 0.717) is 6.54 Å². The van der Waals surface area contributed by atoms with Crippen LogP contribution in [0.3, 0.4) is 0 Å². The molecule has 18 heavy (non-hydrogen) atoms. The van der Waals surface area contributed by atoms with Crippen molar-refractivity contribution >= 4 is 0 Å². The van der Waals surface area contributed by atoms with Gasteiger partial charge in [0.2, 0.25) is 0 Å². The maximum atomic E-state index is 10.6. The summed E-state index contributed by atoms with van der Waals surface area (Å²) < 4.78 is 10.4. The van der Waals surface area contributed by atoms with E-state index >= 15 is 0 Å². The van der Waals surface area contributed by atoms with E-state index in [2.05, 4.69) is 4.90 Å². The molecule has 0 unspecified atom stereocenters. The fraction of sp³-hybridized carbons (Fsp3) is 0.571. The van der Waals surface area contributed by atoms with Gasteiger partial charge in [-0.1, -0.05) is 12.1 Å². The zero-order valence-corrected chi connectivity index (χ0v) is 11.1. The van der Waals surface area contributed by atoms with Gasteiger partial charge in [0, 0.05) is 19.6 Å². The van der Waals surface area contributed by atoms with Crippen LogP contribution in [0.4, 0.5) is 0 Å². The van der Waals surface area contributed by atoms with Gasteiger partial charge in [-0.25, -0.2) is 0 Å². The maximum absolute atomic E-state index is 10.6. The Kier molecular flexibility index (Phi) is 4.22. The van der Waals surface area contributed by atoms with Crippen LogP contribution in [0.15, 0.2) is 24.3 Å². The van der Waals surface area contributed by atoms with E-state index in [9.17, 15) is 5.11 Å². The predicted molar refractivity (Wildman–Crippen MR) is 69.8 cm³/mol. The number of benzene rings is 1. The molecule has 0 spiro atoms. The lowest BCUT2D eigenvalue weighted by Crippen LogP contribution is -2.44. The summed E-state index contributed by atoms with van der Waals surface area (Å²) in [5.41, 5.74) is 0.0682. The number of hydrogen-bond acceptors (Lipinski definition) is 4. The second kappa shape index (κ2) is 5.69. The van der Waals surface area contributed by atoms with Gasteiger partial charge >= 0.3 is 0 Å². The average Bonchev–Trinajstić information content (AvgIpc) is 2.39. The summed E-state index contributed by atoms with van der Waals surface area (Å²) in [5.74, 6) is 0.806. The fourth-order valence-corrected chi connectivity index (χ4v) is 2.24. The molecule has 1 atom stereocenters. The molecule has 0 bridgehead atoms. The quantitative estimate of drug-likeness (QED) is 0.874. The summed E-state index contributed by atoms with van der Waals surface area (Å²) in [6.07, 6.45) is 0. The molecule has 4 nitrogen and oxygen atoms in total. The molecule has 1 aliphatic heterocycles. The number of ether oxygens (including phenoxy) is 2. The van der Waals surface area contributed by atoms with Gasteiger partial charge in [-0.2, -0.15) is 0 Å². The van der Waals surface area contributed by atoms with Gasteiger partial charge in [0.25, 0.3) is 0 Å². The first-order valence-electron chi connectivity index (χ1n) is 6.29. The van der Waals surface area contributed by atoms with Crippen molar-refractivity contribution < 1.29 is 14.6 Å². The van der Waals surface area contributed by atoms with Crippen LogP contribution in [0.1, 0.15) is 12.5 Å². The Morgan fingerprint density at radius 1 is 1.28 bits per heavy atom. The second-order valence-electron chi connectivity index (χ2n) is 4.89. The van der Waals surface area contributed by atoms with Crippen molar-refractivity contribution in [2.24, 2.45) is 0 Å². The van der Waals surface area contributed by atoms with E-state index < -0.39 is 5.60 Å². The smallest absolute Gasteiger partial charge is 0.118 e. The van der Waals surface area contributed by atoms with Gasteiger partial charge in [-0.05, 0) is 24.6 Å². The second-order valence-corrected chi connectivity index (χ2v) is 4.89. The summed E-state index contributed by atoms with van der Waals surface area (Å²) in [7, 11) is 1.64. The van der Waals surface area contributed by atoms with Gasteiger partial charge in [-0.15, -0.1) is 0 Å². The number of hydrogen-bond donors (Lipinski definition) is 1. The first-order valence-corrected chi connectivity index (χ1v) is 6.29. The average molecular weight is 251 g/mol. The topological polar surface area (TPSA) is 41.9 Å². The molecule has 1 fully saturated rings. The number of rotatable bonds is 4. The molecule has 1 aliphatic rings. The van der Waals surface area contributed by atoms with Gasteiger partial charge < -0.3 is 14.6 Å². The van der Waals surface area contributed by atoms with Gasteiger partial charge in [0.1, 0.15) is 5.75 Å². The summed E-state index contributed by atoms with van der Waals surface area (Å²) in [6.45, 7) is 5.74. The number of nitrogens with zero attached hydrogens (tertiary/aromatic N) is 1. The van der Waals surface area contributed by atoms with Crippen LogP contribution in [0, 0.1) is 0 Å². The Morgan fingerprint density at radius 2 is 1.89 bits per heavy atom. The Morgan fingerprint density at radius 3 is 2.44 bits per heavy atom. The van der Waals surface area contributed by atoms with Crippen LogP contribution in [-0.2, 0) is 10.3 Å². The van der Waals surface area contributed by atoms with Crippen molar-refractivity contribution in [3.05, 3.63) is 29.8 Å². The third-order valence-corrected chi connectivity index (χ3v) is 3.35. The molecule has 1 N–H and O–H groups in total. The largest absolute Gasteiger partial charge is 0.497 e. The number of morpholine rings is 1. The highest BCUT2D eigenvalue weighted by atomic mass is 16.5. The molecule has 1 heterocycles. The van der Waals surface area contributed by atoms with Gasteiger partial charge in [-0.3, -0.25) is 4.90 Å². The summed E-state index contributed by atoms with van der Waals surface area (Å²) in [6, 6.07) is 7.59. The summed E-state index contributed by atoms with van der Waals surface area (Å²) in [5, 5.41) is 10.6. The van der Waals surface area contributed by atoms with E-state index in [1.54, 1.807) is 7.11 Å². The molecule has 1 saturated heterocycles. The number of aliphatic hydroxyl groups is 1. The van der Waals surface area contributed by atoms with Crippen molar-refractivity contribution in [3.8, 4) is 5.75 Å². The molecular formula is C14H21NO3. The molecule has 2 rings (SSSR count). The molecule has 0 amide bonds. The zero-order chi connectivity index (χ0) is 13.0. The molecule has 1 aromatic carbocycles. The van der Waals surface area contributed by atoms with Crippen LogP contribution >= 0.6 is 0 Å². The van der Waals surface area contributed by atoms with E-state index in [4.69, 9.17) is 9.47 Å². The Labute approximate surface area is 108 Å². The minimum atomic E-state index is -0.844. The maximum Gasteiger partial charge on any atom is 0.118 e. The normalized spacial score (nSPS) is 20.4. The Bertz CT molecular complexity index is 369. The molecule has 0 aromatic heterocycles. The lowest BCUT2D eigenvalue weighted by atomic mass is 9.95. The highest BCUT2D eigenvalue weighted by Gasteiger charge is 2.27.